The first kappa shape index (κ1) is 10.1. The Balaban J connectivity index is 0. The summed E-state index contributed by atoms with van der Waals surface area (Å²) < 4.78 is 0. The second-order valence-electron chi connectivity index (χ2n) is 1.30. The number of nitrogens with zero attached hydrogens (tertiary/aromatic N) is 1. The summed E-state index contributed by atoms with van der Waals surface area (Å²) in [6.07, 6.45) is 1.75. The minimum Gasteiger partial charge on any atom is -0.193 e. The highest BCUT2D eigenvalue weighted by atomic mass is 14.2. The molecule has 0 heterocycles. The Morgan fingerprint density at radius 2 is 1.88 bits per heavy atom. The predicted octanol–water partition coefficient (Wildman–Crippen LogP) is 2.28. The van der Waals surface area contributed by atoms with Crippen LogP contribution in [0.15, 0.2) is 24.8 Å². The molecule has 0 aromatic carbocycles. The fourth-order valence-corrected chi connectivity index (χ4v) is 0. The van der Waals surface area contributed by atoms with Crippen LogP contribution in [0.2, 0.25) is 0 Å². The molecule has 0 saturated heterocycles. The molecule has 0 N–H and O–H groups in total. The second-order valence-corrected chi connectivity index (χ2v) is 1.30. The Morgan fingerprint density at radius 1 is 1.75 bits per heavy atom. The van der Waals surface area contributed by atoms with Crippen molar-refractivity contribution in [2.24, 2.45) is 0 Å². The molecule has 0 atom stereocenters. The monoisotopic (exact) mass is 109 g/mol. The van der Waals surface area contributed by atoms with Gasteiger partial charge in [0.25, 0.3) is 0 Å². The first-order chi connectivity index (χ1) is 3.68. The number of rotatable bonds is 0. The average molecular weight is 109 g/mol. The summed E-state index contributed by atoms with van der Waals surface area (Å²) in [5.41, 5.74) is 0.560. The molecule has 0 bridgehead atoms. The van der Waals surface area contributed by atoms with Crippen LogP contribution in [-0.2, 0) is 0 Å². The fourth-order valence-electron chi connectivity index (χ4n) is 0. The highest BCUT2D eigenvalue weighted by molar-refractivity contribution is 5.11. The van der Waals surface area contributed by atoms with Gasteiger partial charge in [-0.3, -0.25) is 0 Å². The minimum absolute atomic E-state index is 0.560. The highest BCUT2D eigenvalue weighted by Crippen LogP contribution is 1.74. The van der Waals surface area contributed by atoms with Crippen LogP contribution < -0.4 is 0 Å². The molecule has 1 nitrogen and oxygen atoms in total. The molecular formula is C7H11N. The zero-order valence-corrected chi connectivity index (χ0v) is 5.44. The smallest absolute Gasteiger partial charge is 0.0937 e. The van der Waals surface area contributed by atoms with Crippen LogP contribution in [0.5, 0.6) is 0 Å². The van der Waals surface area contributed by atoms with E-state index in [0.717, 1.165) is 0 Å². The van der Waals surface area contributed by atoms with Crippen molar-refractivity contribution >= 4 is 0 Å². The van der Waals surface area contributed by atoms with Crippen molar-refractivity contribution in [3.05, 3.63) is 24.8 Å². The zero-order valence-electron chi connectivity index (χ0n) is 5.44. The summed E-state index contributed by atoms with van der Waals surface area (Å²) in [5, 5.41) is 7.79. The van der Waals surface area contributed by atoms with Gasteiger partial charge in [0.05, 0.1) is 6.07 Å². The third-order valence-corrected chi connectivity index (χ3v) is 0.191. The Labute approximate surface area is 50.9 Å². The lowest BCUT2D eigenvalue weighted by molar-refractivity contribution is 1.46. The van der Waals surface area contributed by atoms with E-state index in [1.54, 1.807) is 13.0 Å². The van der Waals surface area contributed by atoms with Crippen molar-refractivity contribution in [2.75, 3.05) is 0 Å². The quantitative estimate of drug-likeness (QED) is 0.346. The summed E-state index contributed by atoms with van der Waals surface area (Å²) in [4.78, 5) is 0. The highest BCUT2D eigenvalue weighted by Gasteiger charge is 1.64. The molecule has 0 aromatic heterocycles. The molecular weight excluding hydrogens is 98.1 g/mol. The van der Waals surface area contributed by atoms with E-state index in [9.17, 15) is 0 Å². The molecule has 44 valence electrons. The van der Waals surface area contributed by atoms with Crippen molar-refractivity contribution in [1.29, 1.82) is 5.26 Å². The van der Waals surface area contributed by atoms with Crippen LogP contribution in [0.1, 0.15) is 13.8 Å². The van der Waals surface area contributed by atoms with Gasteiger partial charge in [-0.1, -0.05) is 12.7 Å². The van der Waals surface area contributed by atoms with Gasteiger partial charge in [0.15, 0.2) is 0 Å². The normalized spacial score (nSPS) is 5.12. The van der Waals surface area contributed by atoms with Gasteiger partial charge >= 0.3 is 0 Å². The molecule has 0 saturated carbocycles. The Bertz CT molecular complexity index is 106. The van der Waals surface area contributed by atoms with Crippen molar-refractivity contribution in [3.8, 4) is 6.07 Å². The van der Waals surface area contributed by atoms with Crippen molar-refractivity contribution in [3.63, 3.8) is 0 Å². The molecule has 0 unspecified atom stereocenters. The van der Waals surface area contributed by atoms with Crippen LogP contribution >= 0.6 is 0 Å². The van der Waals surface area contributed by atoms with Crippen LogP contribution in [0.3, 0.4) is 0 Å². The lowest BCUT2D eigenvalue weighted by Gasteiger charge is -1.61. The molecule has 8 heavy (non-hydrogen) atoms. The summed E-state index contributed by atoms with van der Waals surface area (Å²) in [6.45, 7) is 10.2. The second kappa shape index (κ2) is 9.36. The molecule has 0 spiro atoms. The van der Waals surface area contributed by atoms with E-state index >= 15 is 0 Å². The van der Waals surface area contributed by atoms with E-state index < -0.39 is 0 Å². The number of nitriles is 1. The van der Waals surface area contributed by atoms with Gasteiger partial charge in [-0.25, -0.2) is 0 Å². The van der Waals surface area contributed by atoms with E-state index in [2.05, 4.69) is 13.2 Å². The van der Waals surface area contributed by atoms with Gasteiger partial charge < -0.3 is 0 Å². The predicted molar refractivity (Wildman–Crippen MR) is 36.3 cm³/mol. The zero-order chi connectivity index (χ0) is 6.99. The summed E-state index contributed by atoms with van der Waals surface area (Å²) in [5.74, 6) is 0. The van der Waals surface area contributed by atoms with Crippen LogP contribution in [-0.4, -0.2) is 0 Å². The third-order valence-electron chi connectivity index (χ3n) is 0.191. The van der Waals surface area contributed by atoms with Crippen LogP contribution in [0.25, 0.3) is 0 Å². The minimum atomic E-state index is 0.560. The maximum Gasteiger partial charge on any atom is 0.0937 e. The van der Waals surface area contributed by atoms with E-state index in [4.69, 9.17) is 5.26 Å². The first-order valence-corrected chi connectivity index (χ1v) is 2.31. The topological polar surface area (TPSA) is 23.8 Å². The van der Waals surface area contributed by atoms with Gasteiger partial charge in [0.1, 0.15) is 0 Å². The van der Waals surface area contributed by atoms with E-state index in [-0.39, 0.29) is 0 Å². The van der Waals surface area contributed by atoms with E-state index in [0.29, 0.717) is 5.57 Å². The Morgan fingerprint density at radius 3 is 1.88 bits per heavy atom. The molecule has 0 aliphatic carbocycles. The number of hydrogen-bond acceptors (Lipinski definition) is 1. The van der Waals surface area contributed by atoms with Crippen LogP contribution in [0, 0.1) is 11.3 Å². The van der Waals surface area contributed by atoms with Gasteiger partial charge in [-0.2, -0.15) is 5.26 Å². The summed E-state index contributed by atoms with van der Waals surface area (Å²) >= 11 is 0. The van der Waals surface area contributed by atoms with Gasteiger partial charge in [-0.05, 0) is 13.8 Å². The standard InChI is InChI=1S/C4H5N.C3H6/c1-4(2)3-5;1-3-2/h1H2,2H3;3H,1H2,2H3. The number of allylic oxidation sites excluding steroid dienone is 2. The van der Waals surface area contributed by atoms with E-state index in [1.807, 2.05) is 13.0 Å². The maximum absolute atomic E-state index is 7.79. The lowest BCUT2D eigenvalue weighted by Crippen LogP contribution is -1.51. The average Bonchev–Trinajstić information content (AvgIpc) is 1.69. The SMILES string of the molecule is C=C(C)C#N.C=CC. The molecule has 0 radical (unpaired) electrons. The summed E-state index contributed by atoms with van der Waals surface area (Å²) in [7, 11) is 0. The summed E-state index contributed by atoms with van der Waals surface area (Å²) in [6, 6.07) is 1.83. The van der Waals surface area contributed by atoms with Crippen molar-refractivity contribution < 1.29 is 0 Å². The largest absolute Gasteiger partial charge is 0.193 e. The third kappa shape index (κ3) is 83.3. The number of hydrogen-bond donors (Lipinski definition) is 0. The van der Waals surface area contributed by atoms with Gasteiger partial charge in [0.2, 0.25) is 0 Å². The molecule has 0 amide bonds. The van der Waals surface area contributed by atoms with E-state index in [1.165, 1.54) is 0 Å². The Kier molecular flexibility index (Phi) is 11.8. The fraction of sp³-hybridized carbons (Fsp3) is 0.286. The van der Waals surface area contributed by atoms with Crippen LogP contribution in [0.4, 0.5) is 0 Å². The Hall–Kier alpha value is -1.03. The van der Waals surface area contributed by atoms with Crippen molar-refractivity contribution in [2.45, 2.75) is 13.8 Å². The lowest BCUT2D eigenvalue weighted by atomic mass is 10.4. The van der Waals surface area contributed by atoms with Gasteiger partial charge in [-0.15, -0.1) is 6.58 Å². The molecule has 0 aromatic rings. The maximum atomic E-state index is 7.79. The first-order valence-electron chi connectivity index (χ1n) is 2.31. The molecule has 1 heteroatoms. The molecule has 0 aliphatic rings. The van der Waals surface area contributed by atoms with Crippen molar-refractivity contribution in [1.82, 2.24) is 0 Å². The van der Waals surface area contributed by atoms with Gasteiger partial charge in [0, 0.05) is 5.57 Å². The molecule has 0 fully saturated rings. The molecule has 0 aliphatic heterocycles. The molecule has 0 rings (SSSR count).